The summed E-state index contributed by atoms with van der Waals surface area (Å²) in [7, 11) is 1.56. The number of methoxy groups -OCH3 is 1. The van der Waals surface area contributed by atoms with Gasteiger partial charge in [0.1, 0.15) is 12.1 Å². The van der Waals surface area contributed by atoms with Crippen molar-refractivity contribution in [2.24, 2.45) is 0 Å². The lowest BCUT2D eigenvalue weighted by atomic mass is 10.2. The molecule has 0 saturated carbocycles. The van der Waals surface area contributed by atoms with Crippen LogP contribution in [-0.2, 0) is 0 Å². The van der Waals surface area contributed by atoms with E-state index in [2.05, 4.69) is 31.1 Å². The van der Waals surface area contributed by atoms with Crippen molar-refractivity contribution in [1.29, 1.82) is 0 Å². The Morgan fingerprint density at radius 2 is 1.97 bits per heavy atom. The Balaban J connectivity index is 1.59. The zero-order valence-corrected chi connectivity index (χ0v) is 17.9. The lowest BCUT2D eigenvalue weighted by molar-refractivity contribution is -0.383. The van der Waals surface area contributed by atoms with Crippen LogP contribution in [0.25, 0.3) is 10.2 Å². The molecule has 11 nitrogen and oxygen atoms in total. The number of benzene rings is 2. The van der Waals surface area contributed by atoms with Crippen LogP contribution in [-0.4, -0.2) is 32.9 Å². The number of hydrogen-bond donors (Lipinski definition) is 3. The van der Waals surface area contributed by atoms with Crippen LogP contribution in [0, 0.1) is 10.1 Å². The molecular formula is C19H14ClN7O4S. The molecule has 0 aliphatic heterocycles. The van der Waals surface area contributed by atoms with E-state index in [9.17, 15) is 14.9 Å². The van der Waals surface area contributed by atoms with Crippen LogP contribution in [0.2, 0.25) is 5.02 Å². The van der Waals surface area contributed by atoms with Crippen molar-refractivity contribution in [3.05, 3.63) is 69.5 Å². The number of aromatic nitrogens is 3. The molecule has 0 aliphatic carbocycles. The molecule has 0 aliphatic rings. The number of rotatable bonds is 7. The summed E-state index contributed by atoms with van der Waals surface area (Å²) in [6.45, 7) is 0. The van der Waals surface area contributed by atoms with E-state index < -0.39 is 16.5 Å². The quantitative estimate of drug-likeness (QED) is 0.267. The van der Waals surface area contributed by atoms with E-state index in [1.807, 2.05) is 6.07 Å². The van der Waals surface area contributed by atoms with Crippen molar-refractivity contribution in [2.75, 3.05) is 17.9 Å². The molecule has 4 rings (SSSR count). The van der Waals surface area contributed by atoms with Crippen LogP contribution in [0.5, 0.6) is 5.75 Å². The van der Waals surface area contributed by atoms with Gasteiger partial charge in [-0.3, -0.25) is 25.8 Å². The number of fused-ring (bicyclic) bond motifs is 1. The SMILES string of the molecule is COc1ccc2nc(Nc3ncnc(NNC(=O)c4ccccc4Cl)c3[N+](=O)[O-])sc2c1. The first-order chi connectivity index (χ1) is 15.5. The highest BCUT2D eigenvalue weighted by atomic mass is 35.5. The maximum atomic E-state index is 12.3. The number of amides is 1. The Morgan fingerprint density at radius 1 is 1.19 bits per heavy atom. The number of nitro groups is 1. The zero-order chi connectivity index (χ0) is 22.7. The average Bonchev–Trinajstić information content (AvgIpc) is 3.18. The third-order valence-electron chi connectivity index (χ3n) is 4.24. The highest BCUT2D eigenvalue weighted by molar-refractivity contribution is 7.22. The Labute approximate surface area is 189 Å². The Hall–Kier alpha value is -4.03. The fraction of sp³-hybridized carbons (Fsp3) is 0.0526. The summed E-state index contributed by atoms with van der Waals surface area (Å²) in [5, 5.41) is 15.2. The molecule has 162 valence electrons. The number of carbonyl (C=O) groups excluding carboxylic acids is 1. The first-order valence-corrected chi connectivity index (χ1v) is 10.2. The molecule has 0 bridgehead atoms. The number of halogens is 1. The van der Waals surface area contributed by atoms with Gasteiger partial charge in [0.15, 0.2) is 5.13 Å². The van der Waals surface area contributed by atoms with E-state index in [4.69, 9.17) is 16.3 Å². The lowest BCUT2D eigenvalue weighted by Crippen LogP contribution is -2.30. The van der Waals surface area contributed by atoms with Crippen LogP contribution in [0.1, 0.15) is 10.4 Å². The minimum Gasteiger partial charge on any atom is -0.497 e. The fourth-order valence-electron chi connectivity index (χ4n) is 2.75. The summed E-state index contributed by atoms with van der Waals surface area (Å²) in [6.07, 6.45) is 1.12. The highest BCUT2D eigenvalue weighted by Crippen LogP contribution is 2.34. The van der Waals surface area contributed by atoms with Crippen molar-refractivity contribution in [2.45, 2.75) is 0 Å². The molecule has 2 aromatic heterocycles. The number of carbonyl (C=O) groups is 1. The summed E-state index contributed by atoms with van der Waals surface area (Å²) >= 11 is 7.28. The summed E-state index contributed by atoms with van der Waals surface area (Å²) in [5.41, 5.74) is 5.24. The van der Waals surface area contributed by atoms with Gasteiger partial charge in [0, 0.05) is 0 Å². The number of thiazole rings is 1. The van der Waals surface area contributed by atoms with Crippen LogP contribution < -0.4 is 20.9 Å². The lowest BCUT2D eigenvalue weighted by Gasteiger charge is -2.10. The smallest absolute Gasteiger partial charge is 0.355 e. The highest BCUT2D eigenvalue weighted by Gasteiger charge is 2.24. The first-order valence-electron chi connectivity index (χ1n) is 8.98. The molecule has 0 fully saturated rings. The number of nitrogens with zero attached hydrogens (tertiary/aromatic N) is 4. The molecule has 0 unspecified atom stereocenters. The topological polar surface area (TPSA) is 144 Å². The minimum atomic E-state index is -0.664. The van der Waals surface area contributed by atoms with Gasteiger partial charge in [-0.05, 0) is 30.3 Å². The molecule has 13 heteroatoms. The first kappa shape index (κ1) is 21.2. The van der Waals surface area contributed by atoms with Crippen molar-refractivity contribution >= 4 is 61.5 Å². The van der Waals surface area contributed by atoms with E-state index in [0.717, 1.165) is 11.0 Å². The van der Waals surface area contributed by atoms with Gasteiger partial charge in [-0.2, -0.15) is 0 Å². The van der Waals surface area contributed by atoms with Crippen molar-refractivity contribution in [3.63, 3.8) is 0 Å². The van der Waals surface area contributed by atoms with E-state index >= 15 is 0 Å². The Morgan fingerprint density at radius 3 is 2.72 bits per heavy atom. The van der Waals surface area contributed by atoms with Crippen LogP contribution in [0.15, 0.2) is 48.8 Å². The molecule has 3 N–H and O–H groups in total. The fourth-order valence-corrected chi connectivity index (χ4v) is 3.86. The Bertz CT molecular complexity index is 1330. The molecule has 4 aromatic rings. The number of nitrogens with one attached hydrogen (secondary N) is 3. The van der Waals surface area contributed by atoms with Crippen molar-refractivity contribution in [3.8, 4) is 5.75 Å². The normalized spacial score (nSPS) is 10.6. The van der Waals surface area contributed by atoms with Gasteiger partial charge < -0.3 is 10.1 Å². The van der Waals surface area contributed by atoms with Gasteiger partial charge in [-0.15, -0.1) is 0 Å². The maximum Gasteiger partial charge on any atom is 0.355 e. The number of ether oxygens (including phenoxy) is 1. The second-order valence-corrected chi connectivity index (χ2v) is 7.65. The molecule has 0 atom stereocenters. The molecule has 32 heavy (non-hydrogen) atoms. The van der Waals surface area contributed by atoms with Crippen molar-refractivity contribution in [1.82, 2.24) is 20.4 Å². The van der Waals surface area contributed by atoms with Crippen LogP contribution >= 0.6 is 22.9 Å². The number of anilines is 3. The third-order valence-corrected chi connectivity index (χ3v) is 5.50. The molecular weight excluding hydrogens is 458 g/mol. The maximum absolute atomic E-state index is 12.3. The third kappa shape index (κ3) is 4.36. The predicted molar refractivity (Wildman–Crippen MR) is 121 cm³/mol. The number of hydrogen-bond acceptors (Lipinski definition) is 10. The van der Waals surface area contributed by atoms with Gasteiger partial charge in [-0.1, -0.05) is 35.1 Å². The summed E-state index contributed by atoms with van der Waals surface area (Å²) < 4.78 is 6.03. The second-order valence-electron chi connectivity index (χ2n) is 6.21. The molecule has 0 radical (unpaired) electrons. The van der Waals surface area contributed by atoms with Crippen molar-refractivity contribution < 1.29 is 14.5 Å². The van der Waals surface area contributed by atoms with Gasteiger partial charge in [-0.25, -0.2) is 15.0 Å². The van der Waals surface area contributed by atoms with Gasteiger partial charge in [0.05, 0.1) is 32.8 Å². The van der Waals surface area contributed by atoms with Gasteiger partial charge >= 0.3 is 5.69 Å². The van der Waals surface area contributed by atoms with E-state index in [0.29, 0.717) is 16.4 Å². The van der Waals surface area contributed by atoms with Gasteiger partial charge in [0.25, 0.3) is 5.91 Å². The molecule has 0 saturated heterocycles. The second kappa shape index (κ2) is 8.99. The molecule has 1 amide bonds. The van der Waals surface area contributed by atoms with E-state index in [-0.39, 0.29) is 22.2 Å². The predicted octanol–water partition coefficient (Wildman–Crippen LogP) is 4.16. The van der Waals surface area contributed by atoms with Crippen LogP contribution in [0.4, 0.5) is 22.5 Å². The van der Waals surface area contributed by atoms with Crippen LogP contribution in [0.3, 0.4) is 0 Å². The molecule has 0 spiro atoms. The summed E-state index contributed by atoms with van der Waals surface area (Å²) in [5.74, 6) is -0.221. The van der Waals surface area contributed by atoms with E-state index in [1.165, 1.54) is 17.4 Å². The van der Waals surface area contributed by atoms with E-state index in [1.54, 1.807) is 37.4 Å². The molecule has 2 heterocycles. The minimum absolute atomic E-state index is 0.0921. The summed E-state index contributed by atoms with van der Waals surface area (Å²) in [6, 6.07) is 11.7. The molecule has 2 aromatic carbocycles. The monoisotopic (exact) mass is 471 g/mol. The number of hydrazine groups is 1. The Kier molecular flexibility index (Phi) is 5.96. The average molecular weight is 472 g/mol. The van der Waals surface area contributed by atoms with Gasteiger partial charge in [0.2, 0.25) is 11.6 Å². The summed E-state index contributed by atoms with van der Waals surface area (Å²) in [4.78, 5) is 35.6. The largest absolute Gasteiger partial charge is 0.497 e. The standard InChI is InChI=1S/C19H14ClN7O4S/c1-31-10-6-7-13-14(8-10)32-19(23-13)24-16-15(27(29)30)17(22-9-21-16)25-26-18(28)11-4-2-3-5-12(11)20/h2-9H,1H3,(H,26,28)(H2,21,22,23,24,25). The zero-order valence-electron chi connectivity index (χ0n) is 16.3.